The van der Waals surface area contributed by atoms with E-state index in [0.29, 0.717) is 0 Å². The van der Waals surface area contributed by atoms with E-state index in [4.69, 9.17) is 4.98 Å². The number of hydrogen-bond acceptors (Lipinski definition) is 1. The Hall–Kier alpha value is -8.53. The lowest BCUT2D eigenvalue weighted by Gasteiger charge is -2.21. The number of rotatable bonds is 6. The number of pyridine rings is 1. The molecule has 64 heavy (non-hydrogen) atoms. The summed E-state index contributed by atoms with van der Waals surface area (Å²) in [5.74, 6) is 0. The van der Waals surface area contributed by atoms with Crippen LogP contribution in [0.1, 0.15) is 0 Å². The van der Waals surface area contributed by atoms with E-state index in [-0.39, 0.29) is 0 Å². The first kappa shape index (κ1) is 36.2. The first-order valence-corrected chi connectivity index (χ1v) is 22.0. The van der Waals surface area contributed by atoms with E-state index in [1.165, 1.54) is 60.4 Å². The Labute approximate surface area is 370 Å². The zero-order valence-corrected chi connectivity index (χ0v) is 34.9. The molecule has 0 unspecified atom stereocenters. The summed E-state index contributed by atoms with van der Waals surface area (Å²) in [5, 5.41) is 8.30. The van der Waals surface area contributed by atoms with Crippen molar-refractivity contribution < 1.29 is 0 Å². The fourth-order valence-electron chi connectivity index (χ4n) is 10.3. The third kappa shape index (κ3) is 5.65. The molecule has 298 valence electrons. The van der Waals surface area contributed by atoms with Crippen LogP contribution in [-0.4, -0.2) is 14.1 Å². The third-order valence-electron chi connectivity index (χ3n) is 13.1. The van der Waals surface area contributed by atoms with Crippen LogP contribution >= 0.6 is 0 Å². The van der Waals surface area contributed by atoms with Crippen molar-refractivity contribution >= 4 is 65.3 Å². The molecular formula is C61H39N3. The van der Waals surface area contributed by atoms with Crippen molar-refractivity contribution in [3.05, 3.63) is 237 Å². The molecule has 3 heterocycles. The Morgan fingerprint density at radius 1 is 0.250 bits per heavy atom. The Morgan fingerprint density at radius 3 is 1.25 bits per heavy atom. The molecule has 13 rings (SSSR count). The van der Waals surface area contributed by atoms with Crippen LogP contribution < -0.4 is 0 Å². The minimum Gasteiger partial charge on any atom is -0.309 e. The highest BCUT2D eigenvalue weighted by Gasteiger charge is 2.23. The number of nitrogens with zero attached hydrogens (tertiary/aromatic N) is 3. The van der Waals surface area contributed by atoms with Gasteiger partial charge in [-0.3, -0.25) is 4.98 Å². The smallest absolute Gasteiger partial charge is 0.0788 e. The molecule has 0 fully saturated rings. The summed E-state index contributed by atoms with van der Waals surface area (Å²) in [7, 11) is 0. The molecule has 10 aromatic carbocycles. The largest absolute Gasteiger partial charge is 0.309 e. The molecule has 3 aromatic heterocycles. The van der Waals surface area contributed by atoms with Crippen molar-refractivity contribution in [1.82, 2.24) is 14.1 Å². The van der Waals surface area contributed by atoms with E-state index in [0.717, 1.165) is 60.8 Å². The van der Waals surface area contributed by atoms with Gasteiger partial charge in [-0.05, 0) is 98.4 Å². The van der Waals surface area contributed by atoms with Crippen LogP contribution in [0.15, 0.2) is 237 Å². The van der Waals surface area contributed by atoms with E-state index >= 15 is 0 Å². The summed E-state index contributed by atoms with van der Waals surface area (Å²) in [4.78, 5) is 5.50. The zero-order valence-electron chi connectivity index (χ0n) is 34.9. The first-order valence-electron chi connectivity index (χ1n) is 22.0. The van der Waals surface area contributed by atoms with Crippen LogP contribution in [0.25, 0.3) is 121 Å². The second-order valence-electron chi connectivity index (χ2n) is 16.7. The van der Waals surface area contributed by atoms with Gasteiger partial charge in [-0.2, -0.15) is 0 Å². The first-order chi connectivity index (χ1) is 31.8. The van der Waals surface area contributed by atoms with Gasteiger partial charge in [0.25, 0.3) is 0 Å². The number of para-hydroxylation sites is 4. The summed E-state index contributed by atoms with van der Waals surface area (Å²) in [5.41, 5.74) is 17.1. The number of fused-ring (bicyclic) bond motifs is 9. The number of hydrogen-bond donors (Lipinski definition) is 0. The lowest BCUT2D eigenvalue weighted by Crippen LogP contribution is -1.99. The van der Waals surface area contributed by atoms with Crippen molar-refractivity contribution in [2.45, 2.75) is 0 Å². The van der Waals surface area contributed by atoms with Crippen LogP contribution in [0.5, 0.6) is 0 Å². The van der Waals surface area contributed by atoms with Crippen molar-refractivity contribution in [2.24, 2.45) is 0 Å². The van der Waals surface area contributed by atoms with Gasteiger partial charge in [-0.15, -0.1) is 0 Å². The van der Waals surface area contributed by atoms with E-state index in [2.05, 4.69) is 246 Å². The predicted molar refractivity (Wildman–Crippen MR) is 270 cm³/mol. The highest BCUT2D eigenvalue weighted by molar-refractivity contribution is 6.22. The zero-order chi connectivity index (χ0) is 42.1. The number of benzene rings is 10. The van der Waals surface area contributed by atoms with Gasteiger partial charge >= 0.3 is 0 Å². The summed E-state index contributed by atoms with van der Waals surface area (Å²) < 4.78 is 4.80. The summed E-state index contributed by atoms with van der Waals surface area (Å²) >= 11 is 0. The topological polar surface area (TPSA) is 22.8 Å². The van der Waals surface area contributed by atoms with Gasteiger partial charge in [0.2, 0.25) is 0 Å². The lowest BCUT2D eigenvalue weighted by molar-refractivity contribution is 1.16. The molecule has 0 aliphatic heterocycles. The standard InChI is InChI=1S/C61H39N3/c1-3-16-40(17-4-1)42-30-32-43(33-31-42)59-53-37-46(63-55-26-11-7-22-48(55)49-23-8-12-27-56(49)63)34-35-52(53)61-54(60(59)45-21-15-20-44(36-45)41-18-5-2-6-19-41)38-47(39-62-61)64-57-28-13-9-24-50(57)51-25-10-14-29-58(51)64/h1-39H. The second kappa shape index (κ2) is 14.5. The fraction of sp³-hybridized carbons (Fsp3) is 0. The highest BCUT2D eigenvalue weighted by Crippen LogP contribution is 2.47. The number of aromatic nitrogens is 3. The third-order valence-corrected chi connectivity index (χ3v) is 13.1. The van der Waals surface area contributed by atoms with E-state index in [1.54, 1.807) is 0 Å². The molecule has 0 aliphatic rings. The minimum absolute atomic E-state index is 0.970. The maximum Gasteiger partial charge on any atom is 0.0788 e. The van der Waals surface area contributed by atoms with Crippen LogP contribution in [0.2, 0.25) is 0 Å². The molecule has 0 amide bonds. The quantitative estimate of drug-likeness (QED) is 0.153. The van der Waals surface area contributed by atoms with Crippen molar-refractivity contribution in [2.75, 3.05) is 0 Å². The summed E-state index contributed by atoms with van der Waals surface area (Å²) in [6.07, 6.45) is 2.07. The average Bonchev–Trinajstić information content (AvgIpc) is 3.89. The molecule has 0 N–H and O–H groups in total. The predicted octanol–water partition coefficient (Wildman–Crippen LogP) is 16.3. The molecule has 0 saturated heterocycles. The SMILES string of the molecule is c1ccc(-c2ccc(-c3c(-c4cccc(-c5ccccc5)c4)c4cc(-n5c6ccccc6c6ccccc65)cnc4c4ccc(-n5c6ccccc6c6ccccc65)cc34)cc2)cc1. The normalized spacial score (nSPS) is 11.8. The molecule has 0 bridgehead atoms. The van der Waals surface area contributed by atoms with Crippen molar-refractivity contribution in [3.63, 3.8) is 0 Å². The van der Waals surface area contributed by atoms with Crippen molar-refractivity contribution in [3.8, 4) is 55.9 Å². The molecule has 0 aliphatic carbocycles. The lowest BCUT2D eigenvalue weighted by atomic mass is 9.85. The Morgan fingerprint density at radius 2 is 0.672 bits per heavy atom. The highest BCUT2D eigenvalue weighted by atomic mass is 15.0. The Bertz CT molecular complexity index is 3830. The second-order valence-corrected chi connectivity index (χ2v) is 16.7. The molecule has 0 atom stereocenters. The fourth-order valence-corrected chi connectivity index (χ4v) is 10.3. The van der Waals surface area contributed by atoms with Crippen LogP contribution in [0.4, 0.5) is 0 Å². The molecule has 0 radical (unpaired) electrons. The van der Waals surface area contributed by atoms with Crippen LogP contribution in [-0.2, 0) is 0 Å². The van der Waals surface area contributed by atoms with Gasteiger partial charge in [0.1, 0.15) is 0 Å². The Kier molecular flexibility index (Phi) is 8.22. The molecule has 3 nitrogen and oxygen atoms in total. The van der Waals surface area contributed by atoms with Gasteiger partial charge in [0.05, 0.1) is 39.5 Å². The monoisotopic (exact) mass is 813 g/mol. The average molecular weight is 814 g/mol. The molecule has 3 heteroatoms. The van der Waals surface area contributed by atoms with Crippen molar-refractivity contribution in [1.29, 1.82) is 0 Å². The van der Waals surface area contributed by atoms with E-state index < -0.39 is 0 Å². The van der Waals surface area contributed by atoms with Crippen LogP contribution in [0.3, 0.4) is 0 Å². The summed E-state index contributed by atoms with van der Waals surface area (Å²) in [6, 6.07) is 83.9. The summed E-state index contributed by atoms with van der Waals surface area (Å²) in [6.45, 7) is 0. The maximum atomic E-state index is 5.50. The van der Waals surface area contributed by atoms with Gasteiger partial charge < -0.3 is 9.13 Å². The van der Waals surface area contributed by atoms with Gasteiger partial charge in [-0.25, -0.2) is 0 Å². The minimum atomic E-state index is 0.970. The van der Waals surface area contributed by atoms with E-state index in [9.17, 15) is 0 Å². The van der Waals surface area contributed by atoms with E-state index in [1.807, 2.05) is 0 Å². The van der Waals surface area contributed by atoms with Gasteiger partial charge in [0, 0.05) is 38.0 Å². The van der Waals surface area contributed by atoms with Crippen LogP contribution in [0, 0.1) is 0 Å². The molecule has 0 saturated carbocycles. The molecular weight excluding hydrogens is 775 g/mol. The van der Waals surface area contributed by atoms with Gasteiger partial charge in [0.15, 0.2) is 0 Å². The van der Waals surface area contributed by atoms with Gasteiger partial charge in [-0.1, -0.05) is 182 Å². The Balaban J connectivity index is 1.17. The molecule has 13 aromatic rings. The maximum absolute atomic E-state index is 5.50. The molecule has 0 spiro atoms.